The summed E-state index contributed by atoms with van der Waals surface area (Å²) in [6.07, 6.45) is 3.71. The minimum Gasteiger partial charge on any atom is -0.480 e. The van der Waals surface area contributed by atoms with Crippen LogP contribution in [0.4, 0.5) is 0 Å². The molecule has 1 amide bonds. The Balaban J connectivity index is -0.00000113. The normalized spacial score (nSPS) is 13.0. The number of nitrogens with zero attached hydrogens (tertiary/aromatic N) is 4. The monoisotopic (exact) mass is 695 g/mol. The van der Waals surface area contributed by atoms with Crippen LogP contribution in [-0.4, -0.2) is 140 Å². The van der Waals surface area contributed by atoms with Gasteiger partial charge in [0.25, 0.3) is 0 Å². The molecule has 2 radical (unpaired) electrons. The quantitative estimate of drug-likeness (QED) is 0.116. The standard InChI is InChI=1S/C20H40N5O3.C4H9NO2.La.Mn/c1-4-5-10-22(2)14-16-24(17-15-23(3)18-20(27)28)11-6-7-19(26)25-12-8-21-9-13-25;1-2-5-3-4(6)7;;/h21H,2,4-18H2,1,3H3,(H,27,28);5H,2-3H2,1H3,(H,6,7);;/q-1;;;. The van der Waals surface area contributed by atoms with Crippen molar-refractivity contribution in [3.8, 4) is 0 Å². The summed E-state index contributed by atoms with van der Waals surface area (Å²) in [7, 11) is 5.93. The fourth-order valence-corrected chi connectivity index (χ4v) is 3.49. The molecule has 216 valence electrons. The van der Waals surface area contributed by atoms with Crippen LogP contribution < -0.4 is 10.6 Å². The molecule has 1 fully saturated rings. The molecule has 0 bridgehead atoms. The van der Waals surface area contributed by atoms with Crippen molar-refractivity contribution in [2.45, 2.75) is 39.5 Å². The number of unbranched alkanes of at least 4 members (excludes halogenated alkanes) is 1. The second-order valence-electron chi connectivity index (χ2n) is 8.85. The first-order valence-electron chi connectivity index (χ1n) is 12.8. The van der Waals surface area contributed by atoms with Crippen LogP contribution in [0, 0.1) is 42.6 Å². The summed E-state index contributed by atoms with van der Waals surface area (Å²) in [6, 6.07) is 0. The van der Waals surface area contributed by atoms with Gasteiger partial charge in [-0.2, -0.15) is 0 Å². The molecular formula is C24H49LaMnN6O5-. The molecule has 0 aromatic carbocycles. The van der Waals surface area contributed by atoms with Gasteiger partial charge in [0, 0.05) is 105 Å². The van der Waals surface area contributed by atoms with Crippen LogP contribution in [-0.2, 0) is 31.5 Å². The van der Waals surface area contributed by atoms with E-state index >= 15 is 0 Å². The van der Waals surface area contributed by atoms with Crippen LogP contribution in [0.3, 0.4) is 0 Å². The van der Waals surface area contributed by atoms with Gasteiger partial charge in [0.15, 0.2) is 0 Å². The molecule has 1 aliphatic rings. The molecule has 1 heterocycles. The molecular weight excluding hydrogens is 646 g/mol. The first-order valence-corrected chi connectivity index (χ1v) is 12.8. The maximum atomic E-state index is 12.3. The van der Waals surface area contributed by atoms with E-state index in [9.17, 15) is 14.4 Å². The fourth-order valence-electron chi connectivity index (χ4n) is 3.49. The van der Waals surface area contributed by atoms with E-state index in [4.69, 9.17) is 10.2 Å². The molecule has 11 nitrogen and oxygen atoms in total. The summed E-state index contributed by atoms with van der Waals surface area (Å²) in [4.78, 5) is 41.1. The number of carboxylic acids is 2. The minimum absolute atomic E-state index is 0. The first kappa shape index (κ1) is 41.4. The summed E-state index contributed by atoms with van der Waals surface area (Å²) in [5.74, 6) is -1.37. The number of piperazine rings is 1. The predicted molar refractivity (Wildman–Crippen MR) is 138 cm³/mol. The maximum Gasteiger partial charge on any atom is 0.317 e. The average Bonchev–Trinajstić information content (AvgIpc) is 2.83. The number of likely N-dealkylation sites (N-methyl/N-ethyl adjacent to an activating group) is 2. The number of aliphatic carboxylic acids is 2. The van der Waals surface area contributed by atoms with Gasteiger partial charge in [0.2, 0.25) is 5.91 Å². The number of carboxylic acid groups (broad SMARTS) is 2. The second kappa shape index (κ2) is 27.5. The van der Waals surface area contributed by atoms with E-state index in [-0.39, 0.29) is 71.7 Å². The third-order valence-electron chi connectivity index (χ3n) is 5.62. The Bertz CT molecular complexity index is 588. The number of nitrogens with one attached hydrogen (secondary N) is 2. The van der Waals surface area contributed by atoms with Gasteiger partial charge in [0.05, 0.1) is 13.1 Å². The van der Waals surface area contributed by atoms with Gasteiger partial charge in [-0.1, -0.05) is 20.3 Å². The topological polar surface area (TPSA) is 129 Å². The van der Waals surface area contributed by atoms with Crippen molar-refractivity contribution < 1.29 is 77.3 Å². The maximum absolute atomic E-state index is 12.3. The van der Waals surface area contributed by atoms with Gasteiger partial charge in [-0.15, -0.1) is 0 Å². The van der Waals surface area contributed by atoms with Gasteiger partial charge in [-0.3, -0.25) is 26.3 Å². The average molecular weight is 696 g/mol. The summed E-state index contributed by atoms with van der Waals surface area (Å²) >= 11 is 0. The number of carbonyl (C=O) groups is 3. The minimum atomic E-state index is -0.806. The van der Waals surface area contributed by atoms with Crippen LogP contribution in [0.1, 0.15) is 39.5 Å². The molecule has 0 aromatic heterocycles. The van der Waals surface area contributed by atoms with Gasteiger partial charge < -0.3 is 35.5 Å². The van der Waals surface area contributed by atoms with E-state index in [1.54, 1.807) is 0 Å². The van der Waals surface area contributed by atoms with Crippen molar-refractivity contribution in [2.24, 2.45) is 0 Å². The predicted octanol–water partition coefficient (Wildman–Crippen LogP) is 0.0885. The Morgan fingerprint density at radius 1 is 0.946 bits per heavy atom. The molecule has 0 unspecified atom stereocenters. The summed E-state index contributed by atoms with van der Waals surface area (Å²) < 4.78 is 0. The molecule has 0 saturated carbocycles. The van der Waals surface area contributed by atoms with E-state index < -0.39 is 11.9 Å². The zero-order chi connectivity index (χ0) is 26.5. The van der Waals surface area contributed by atoms with Crippen LogP contribution >= 0.6 is 0 Å². The van der Waals surface area contributed by atoms with Gasteiger partial charge in [-0.05, 0) is 46.1 Å². The Morgan fingerprint density at radius 3 is 2.08 bits per heavy atom. The van der Waals surface area contributed by atoms with Crippen LogP contribution in [0.25, 0.3) is 0 Å². The Kier molecular flexibility index (Phi) is 30.8. The smallest absolute Gasteiger partial charge is 0.317 e. The molecule has 0 aromatic rings. The van der Waals surface area contributed by atoms with Crippen LogP contribution in [0.2, 0.25) is 0 Å². The number of rotatable bonds is 18. The molecule has 13 heteroatoms. The van der Waals surface area contributed by atoms with E-state index in [2.05, 4.69) is 34.4 Å². The Hall–Kier alpha value is -0.0757. The van der Waals surface area contributed by atoms with Crippen molar-refractivity contribution >= 4 is 17.8 Å². The molecule has 0 aliphatic carbocycles. The van der Waals surface area contributed by atoms with E-state index in [0.29, 0.717) is 19.5 Å². The zero-order valence-electron chi connectivity index (χ0n) is 23.1. The Morgan fingerprint density at radius 2 is 1.57 bits per heavy atom. The van der Waals surface area contributed by atoms with E-state index in [1.807, 2.05) is 23.8 Å². The largest absolute Gasteiger partial charge is 0.480 e. The summed E-state index contributed by atoms with van der Waals surface area (Å²) in [5.41, 5.74) is 0. The van der Waals surface area contributed by atoms with Crippen molar-refractivity contribution in [3.05, 3.63) is 7.05 Å². The SMILES string of the molecule is CCNCC(=O)O.[CH2-]N(CCCC)CCN(CCCC(=O)N1CCNCC1)CCN(C)CC(=O)O.[La].[Mn]. The van der Waals surface area contributed by atoms with Crippen molar-refractivity contribution in [2.75, 3.05) is 92.1 Å². The zero-order valence-corrected chi connectivity index (χ0v) is 27.9. The van der Waals surface area contributed by atoms with Crippen molar-refractivity contribution in [3.63, 3.8) is 0 Å². The fraction of sp³-hybridized carbons (Fsp3) is 0.833. The van der Waals surface area contributed by atoms with Gasteiger partial charge >= 0.3 is 11.9 Å². The van der Waals surface area contributed by atoms with Crippen LogP contribution in [0.15, 0.2) is 0 Å². The first-order chi connectivity index (χ1) is 16.7. The van der Waals surface area contributed by atoms with Gasteiger partial charge in [-0.25, -0.2) is 0 Å². The third-order valence-corrected chi connectivity index (χ3v) is 5.62. The number of hydrogen-bond acceptors (Lipinski definition) is 8. The van der Waals surface area contributed by atoms with Crippen molar-refractivity contribution in [1.82, 2.24) is 30.2 Å². The molecule has 37 heavy (non-hydrogen) atoms. The second-order valence-corrected chi connectivity index (χ2v) is 8.85. The van der Waals surface area contributed by atoms with Crippen molar-refractivity contribution in [1.29, 1.82) is 0 Å². The summed E-state index contributed by atoms with van der Waals surface area (Å²) in [6.45, 7) is 13.3. The number of hydrogen-bond donors (Lipinski definition) is 4. The molecule has 1 rings (SSSR count). The third kappa shape index (κ3) is 25.9. The van der Waals surface area contributed by atoms with E-state index in [0.717, 1.165) is 78.2 Å². The van der Waals surface area contributed by atoms with Gasteiger partial charge in [0.1, 0.15) is 0 Å². The summed E-state index contributed by atoms with van der Waals surface area (Å²) in [5, 5.41) is 22.8. The van der Waals surface area contributed by atoms with E-state index in [1.165, 1.54) is 0 Å². The number of carbonyl (C=O) groups excluding carboxylic acids is 1. The molecule has 0 atom stereocenters. The molecule has 4 N–H and O–H groups in total. The number of amides is 1. The molecule has 0 spiro atoms. The Labute approximate surface area is 262 Å². The molecule has 1 saturated heterocycles. The van der Waals surface area contributed by atoms with Crippen LogP contribution in [0.5, 0.6) is 0 Å². The molecule has 1 aliphatic heterocycles.